The maximum absolute atomic E-state index is 10.8. The third-order valence-electron chi connectivity index (χ3n) is 1.72. The van der Waals surface area contributed by atoms with Crippen LogP contribution in [-0.4, -0.2) is 22.7 Å². The average Bonchev–Trinajstić information content (AvgIpc) is 2.18. The zero-order valence-corrected chi connectivity index (χ0v) is 8.36. The second-order valence-electron chi connectivity index (χ2n) is 2.91. The van der Waals surface area contributed by atoms with E-state index in [0.717, 1.165) is 0 Å². The third kappa shape index (κ3) is 2.99. The Hall–Kier alpha value is -2.02. The molecule has 0 amide bonds. The first-order valence-corrected chi connectivity index (χ1v) is 4.42. The molecule has 0 atom stereocenters. The normalized spacial score (nSPS) is 9.33. The molecular weight excluding hydrogens is 194 g/mol. The van der Waals surface area contributed by atoms with Gasteiger partial charge in [0.05, 0.1) is 0 Å². The van der Waals surface area contributed by atoms with Crippen LogP contribution in [0.2, 0.25) is 0 Å². The van der Waals surface area contributed by atoms with E-state index in [1.54, 1.807) is 13.0 Å². The Bertz CT molecular complexity index is 407. The van der Waals surface area contributed by atoms with E-state index in [2.05, 4.69) is 10.9 Å². The number of hydrogen-bond donors (Lipinski definition) is 1. The van der Waals surface area contributed by atoms with Crippen LogP contribution in [0.15, 0.2) is 12.1 Å². The summed E-state index contributed by atoms with van der Waals surface area (Å²) in [6.45, 7) is 2.03. The minimum absolute atomic E-state index is 0.0534. The van der Waals surface area contributed by atoms with Crippen LogP contribution < -0.4 is 4.74 Å². The summed E-state index contributed by atoms with van der Waals surface area (Å²) in [6, 6.07) is 3.09. The molecule has 0 aliphatic rings. The van der Waals surface area contributed by atoms with Crippen molar-refractivity contribution in [1.29, 1.82) is 0 Å². The molecule has 1 N–H and O–H groups in total. The van der Waals surface area contributed by atoms with Gasteiger partial charge in [0, 0.05) is 12.1 Å². The van der Waals surface area contributed by atoms with Crippen molar-refractivity contribution >= 4 is 5.97 Å². The molecular formula is C11H11NO3. The number of pyridine rings is 1. The van der Waals surface area contributed by atoms with E-state index in [4.69, 9.17) is 16.3 Å². The fourth-order valence-corrected chi connectivity index (χ4v) is 1.01. The quantitative estimate of drug-likeness (QED) is 0.597. The van der Waals surface area contributed by atoms with Crippen LogP contribution in [0.25, 0.3) is 0 Å². The van der Waals surface area contributed by atoms with E-state index in [1.165, 1.54) is 6.07 Å². The molecule has 0 radical (unpaired) electrons. The highest BCUT2D eigenvalue weighted by molar-refractivity contribution is 5.90. The summed E-state index contributed by atoms with van der Waals surface area (Å²) in [4.78, 5) is 14.8. The molecule has 1 heterocycles. The van der Waals surface area contributed by atoms with Crippen LogP contribution in [0.5, 0.6) is 5.88 Å². The smallest absolute Gasteiger partial charge is 0.341 e. The Balaban J connectivity index is 2.88. The highest BCUT2D eigenvalue weighted by atomic mass is 16.5. The first kappa shape index (κ1) is 11.1. The highest BCUT2D eigenvalue weighted by Crippen LogP contribution is 2.16. The minimum Gasteiger partial charge on any atom is -0.477 e. The molecule has 0 saturated carbocycles. The van der Waals surface area contributed by atoms with E-state index >= 15 is 0 Å². The average molecular weight is 205 g/mol. The molecule has 1 aromatic rings. The van der Waals surface area contributed by atoms with Crippen molar-refractivity contribution in [2.45, 2.75) is 13.3 Å². The van der Waals surface area contributed by atoms with Gasteiger partial charge in [0.2, 0.25) is 5.88 Å². The predicted molar refractivity (Wildman–Crippen MR) is 54.9 cm³/mol. The molecule has 0 fully saturated rings. The molecule has 0 aliphatic carbocycles. The lowest BCUT2D eigenvalue weighted by Gasteiger charge is -2.06. The van der Waals surface area contributed by atoms with Crippen molar-refractivity contribution in [2.75, 3.05) is 6.61 Å². The van der Waals surface area contributed by atoms with E-state index in [0.29, 0.717) is 12.1 Å². The fraction of sp³-hybridized carbons (Fsp3) is 0.273. The van der Waals surface area contributed by atoms with Gasteiger partial charge in [-0.1, -0.05) is 0 Å². The number of terminal acetylenes is 1. The van der Waals surface area contributed by atoms with Gasteiger partial charge in [-0.05, 0) is 19.1 Å². The second kappa shape index (κ2) is 5.01. The molecule has 0 aromatic carbocycles. The van der Waals surface area contributed by atoms with Gasteiger partial charge < -0.3 is 9.84 Å². The lowest BCUT2D eigenvalue weighted by molar-refractivity contribution is 0.0691. The number of rotatable bonds is 4. The lowest BCUT2D eigenvalue weighted by atomic mass is 10.2. The van der Waals surface area contributed by atoms with Crippen molar-refractivity contribution in [3.63, 3.8) is 0 Å². The van der Waals surface area contributed by atoms with Gasteiger partial charge in [0.25, 0.3) is 0 Å². The Kier molecular flexibility index (Phi) is 3.69. The number of carboxylic acid groups (broad SMARTS) is 1. The van der Waals surface area contributed by atoms with Crippen LogP contribution in [0.3, 0.4) is 0 Å². The molecule has 0 unspecified atom stereocenters. The summed E-state index contributed by atoms with van der Waals surface area (Å²) in [5, 5.41) is 8.85. The zero-order valence-electron chi connectivity index (χ0n) is 8.36. The standard InChI is InChI=1S/C11H11NO3/c1-3-4-7-15-10-9(11(13)14)6-5-8(2)12-10/h1,5-6H,4,7H2,2H3,(H,13,14). The monoisotopic (exact) mass is 205 g/mol. The summed E-state index contributed by atoms with van der Waals surface area (Å²) in [5.41, 5.74) is 0.758. The van der Waals surface area contributed by atoms with Crippen molar-refractivity contribution < 1.29 is 14.6 Å². The number of hydrogen-bond acceptors (Lipinski definition) is 3. The molecule has 1 aromatic heterocycles. The first-order chi connectivity index (χ1) is 7.15. The number of nitrogens with zero attached hydrogens (tertiary/aromatic N) is 1. The van der Waals surface area contributed by atoms with E-state index < -0.39 is 5.97 Å². The fourth-order valence-electron chi connectivity index (χ4n) is 1.01. The van der Waals surface area contributed by atoms with Crippen LogP contribution >= 0.6 is 0 Å². The Labute approximate surface area is 87.9 Å². The molecule has 0 aliphatic heterocycles. The van der Waals surface area contributed by atoms with Gasteiger partial charge in [-0.15, -0.1) is 12.3 Å². The van der Waals surface area contributed by atoms with Gasteiger partial charge >= 0.3 is 5.97 Å². The van der Waals surface area contributed by atoms with Gasteiger partial charge in [-0.3, -0.25) is 0 Å². The maximum atomic E-state index is 10.8. The SMILES string of the molecule is C#CCCOc1nc(C)ccc1C(=O)O. The summed E-state index contributed by atoms with van der Waals surface area (Å²) >= 11 is 0. The summed E-state index contributed by atoms with van der Waals surface area (Å²) < 4.78 is 5.19. The Morgan fingerprint density at radius 3 is 3.00 bits per heavy atom. The predicted octanol–water partition coefficient (Wildman–Crippen LogP) is 1.49. The van der Waals surface area contributed by atoms with E-state index in [9.17, 15) is 4.79 Å². The van der Waals surface area contributed by atoms with Crippen molar-refractivity contribution in [2.24, 2.45) is 0 Å². The summed E-state index contributed by atoms with van der Waals surface area (Å²) in [7, 11) is 0. The largest absolute Gasteiger partial charge is 0.477 e. The molecule has 0 spiro atoms. The van der Waals surface area contributed by atoms with Gasteiger partial charge in [0.15, 0.2) is 0 Å². The first-order valence-electron chi connectivity index (χ1n) is 4.42. The van der Waals surface area contributed by atoms with Crippen LogP contribution in [0.1, 0.15) is 22.5 Å². The lowest BCUT2D eigenvalue weighted by Crippen LogP contribution is -2.06. The molecule has 4 nitrogen and oxygen atoms in total. The topological polar surface area (TPSA) is 59.4 Å². The van der Waals surface area contributed by atoms with Gasteiger partial charge in [0.1, 0.15) is 12.2 Å². The van der Waals surface area contributed by atoms with Crippen LogP contribution in [-0.2, 0) is 0 Å². The van der Waals surface area contributed by atoms with Gasteiger partial charge in [-0.25, -0.2) is 9.78 Å². The number of carboxylic acids is 1. The third-order valence-corrected chi connectivity index (χ3v) is 1.72. The number of aromatic carboxylic acids is 1. The van der Waals surface area contributed by atoms with Crippen LogP contribution in [0, 0.1) is 19.3 Å². The molecule has 0 saturated heterocycles. The molecule has 78 valence electrons. The molecule has 4 heteroatoms. The maximum Gasteiger partial charge on any atom is 0.341 e. The Morgan fingerprint density at radius 2 is 2.40 bits per heavy atom. The minimum atomic E-state index is -1.06. The summed E-state index contributed by atoms with van der Waals surface area (Å²) in [5.74, 6) is 1.47. The van der Waals surface area contributed by atoms with Crippen molar-refractivity contribution in [1.82, 2.24) is 4.98 Å². The number of carbonyl (C=O) groups is 1. The van der Waals surface area contributed by atoms with E-state index in [-0.39, 0.29) is 18.1 Å². The molecule has 1 rings (SSSR count). The number of aryl methyl sites for hydroxylation is 1. The second-order valence-corrected chi connectivity index (χ2v) is 2.91. The van der Waals surface area contributed by atoms with Crippen molar-refractivity contribution in [3.8, 4) is 18.2 Å². The highest BCUT2D eigenvalue weighted by Gasteiger charge is 2.12. The number of ether oxygens (including phenoxy) is 1. The molecule has 15 heavy (non-hydrogen) atoms. The van der Waals surface area contributed by atoms with E-state index in [1.807, 2.05) is 0 Å². The summed E-state index contributed by atoms with van der Waals surface area (Å²) in [6.07, 6.45) is 5.48. The van der Waals surface area contributed by atoms with Gasteiger partial charge in [-0.2, -0.15) is 0 Å². The molecule has 0 bridgehead atoms. The van der Waals surface area contributed by atoms with Crippen molar-refractivity contribution in [3.05, 3.63) is 23.4 Å². The Morgan fingerprint density at radius 1 is 1.67 bits per heavy atom. The number of aromatic nitrogens is 1. The zero-order chi connectivity index (χ0) is 11.3. The van der Waals surface area contributed by atoms with Crippen LogP contribution in [0.4, 0.5) is 0 Å².